The SMILES string of the molecule is COB=[Si]=[Si]=[SiH2]. The standard InChI is InChI=1S/CH5BOSi3/c1-3-2-5-6-4/h4H2,1H3. The van der Waals surface area contributed by atoms with E-state index in [1.54, 1.807) is 7.11 Å². The molecule has 0 aliphatic rings. The normalized spacial score (nSPS) is 4.17. The Balaban J connectivity index is 3.47. The van der Waals surface area contributed by atoms with Gasteiger partial charge in [0.1, 0.15) is 0 Å². The van der Waals surface area contributed by atoms with E-state index < -0.39 is 0 Å². The Labute approximate surface area is 44.2 Å². The second kappa shape index (κ2) is 5.52. The van der Waals surface area contributed by atoms with Gasteiger partial charge in [0.2, 0.25) is 0 Å². The quantitative estimate of drug-likeness (QED) is 0.372. The third kappa shape index (κ3) is 4.52. The summed E-state index contributed by atoms with van der Waals surface area (Å²) in [4.78, 5) is 0. The molecule has 0 radical (unpaired) electrons. The summed E-state index contributed by atoms with van der Waals surface area (Å²) >= 11 is 0. The molecule has 0 aromatic heterocycles. The van der Waals surface area contributed by atoms with E-state index in [0.717, 1.165) is 15.8 Å². The molecule has 0 unspecified atom stereocenters. The van der Waals surface area contributed by atoms with Gasteiger partial charge >= 0.3 is 43.6 Å². The molecule has 0 heterocycles. The molecule has 0 aliphatic carbocycles. The van der Waals surface area contributed by atoms with E-state index in [9.17, 15) is 0 Å². The van der Waals surface area contributed by atoms with Crippen LogP contribution in [0, 0.1) is 0 Å². The zero-order valence-corrected chi connectivity index (χ0v) is 7.11. The molecule has 30 valence electrons. The van der Waals surface area contributed by atoms with Gasteiger partial charge in [-0.05, 0) is 0 Å². The number of hydrogen-bond donors (Lipinski definition) is 0. The van der Waals surface area contributed by atoms with Crippen molar-refractivity contribution in [3.8, 4) is 0 Å². The van der Waals surface area contributed by atoms with Gasteiger partial charge in [0.15, 0.2) is 0 Å². The number of rotatable bonds is 1. The Kier molecular flexibility index (Phi) is 5.99. The summed E-state index contributed by atoms with van der Waals surface area (Å²) in [5.74, 6) is 0. The van der Waals surface area contributed by atoms with Crippen LogP contribution < -0.4 is 0 Å². The molecule has 5 heteroatoms. The van der Waals surface area contributed by atoms with E-state index in [-0.39, 0.29) is 0 Å². The summed E-state index contributed by atoms with van der Waals surface area (Å²) < 4.78 is 4.68. The van der Waals surface area contributed by atoms with E-state index in [1.165, 1.54) is 0 Å². The molecule has 0 rings (SSSR count). The van der Waals surface area contributed by atoms with Crippen LogP contribution in [0.15, 0.2) is 0 Å². The van der Waals surface area contributed by atoms with Gasteiger partial charge in [0.05, 0.1) is 0 Å². The van der Waals surface area contributed by atoms with Gasteiger partial charge in [-0.1, -0.05) is 0 Å². The third-order valence-corrected chi connectivity index (χ3v) is 3.64. The summed E-state index contributed by atoms with van der Waals surface area (Å²) in [6.07, 6.45) is 0. The Morgan fingerprint density at radius 2 is 2.50 bits per heavy atom. The van der Waals surface area contributed by atoms with E-state index >= 15 is 0 Å². The van der Waals surface area contributed by atoms with E-state index in [2.05, 4.69) is 4.65 Å². The first-order chi connectivity index (χ1) is 2.91. The van der Waals surface area contributed by atoms with Crippen LogP contribution in [0.2, 0.25) is 0 Å². The molecule has 0 aromatic rings. The van der Waals surface area contributed by atoms with Gasteiger partial charge < -0.3 is 0 Å². The van der Waals surface area contributed by atoms with Crippen molar-refractivity contribution in [1.29, 1.82) is 0 Å². The summed E-state index contributed by atoms with van der Waals surface area (Å²) in [6, 6.07) is 0. The molecular formula is CH5BOSi3. The fraction of sp³-hybridized carbons (Fsp3) is 1.00. The zero-order valence-electron chi connectivity index (χ0n) is 3.69. The second-order valence-corrected chi connectivity index (χ2v) is 6.66. The molecular weight excluding hydrogens is 123 g/mol. The third-order valence-electron chi connectivity index (χ3n) is 0.279. The minimum absolute atomic E-state index is 0.908. The first-order valence-corrected chi connectivity index (χ1v) is 6.94. The Morgan fingerprint density at radius 1 is 1.83 bits per heavy atom. The molecule has 0 fully saturated rings. The van der Waals surface area contributed by atoms with Crippen molar-refractivity contribution in [2.24, 2.45) is 0 Å². The average molecular weight is 128 g/mol. The van der Waals surface area contributed by atoms with Crippen LogP contribution in [0.5, 0.6) is 0 Å². The van der Waals surface area contributed by atoms with Crippen LogP contribution in [0.4, 0.5) is 0 Å². The minimum atomic E-state index is 0.908. The predicted octanol–water partition coefficient (Wildman–Crippen LogP) is -1.96. The van der Waals surface area contributed by atoms with Gasteiger partial charge in [-0.3, -0.25) is 0 Å². The molecule has 0 bridgehead atoms. The monoisotopic (exact) mass is 128 g/mol. The molecule has 1 nitrogen and oxygen atoms in total. The molecule has 6 heavy (non-hydrogen) atoms. The fourth-order valence-corrected chi connectivity index (χ4v) is 1.66. The van der Waals surface area contributed by atoms with Crippen LogP contribution in [0.1, 0.15) is 0 Å². The van der Waals surface area contributed by atoms with Crippen molar-refractivity contribution in [2.45, 2.75) is 0 Å². The Bertz CT molecular complexity index is 99.4. The van der Waals surface area contributed by atoms with Crippen molar-refractivity contribution in [3.63, 3.8) is 0 Å². The van der Waals surface area contributed by atoms with E-state index in [4.69, 9.17) is 0 Å². The second-order valence-electron chi connectivity index (χ2n) is 0.675. The van der Waals surface area contributed by atoms with Crippen LogP contribution in [0.25, 0.3) is 0 Å². The van der Waals surface area contributed by atoms with Gasteiger partial charge in [0.25, 0.3) is 0 Å². The maximum atomic E-state index is 4.68. The first kappa shape index (κ1) is 6.52. The van der Waals surface area contributed by atoms with Gasteiger partial charge in [-0.25, -0.2) is 0 Å². The van der Waals surface area contributed by atoms with Crippen molar-refractivity contribution in [1.82, 2.24) is 0 Å². The van der Waals surface area contributed by atoms with Crippen molar-refractivity contribution in [3.05, 3.63) is 0 Å². The maximum absolute atomic E-state index is 4.68. The summed E-state index contributed by atoms with van der Waals surface area (Å²) in [5, 5.41) is 0. The van der Waals surface area contributed by atoms with Gasteiger partial charge in [-0.15, -0.1) is 0 Å². The van der Waals surface area contributed by atoms with Crippen molar-refractivity contribution in [2.75, 3.05) is 7.11 Å². The van der Waals surface area contributed by atoms with Crippen molar-refractivity contribution >= 4 is 31.8 Å². The van der Waals surface area contributed by atoms with Crippen LogP contribution in [-0.4, -0.2) is 38.9 Å². The summed E-state index contributed by atoms with van der Waals surface area (Å²) in [5.41, 5.74) is 0. The van der Waals surface area contributed by atoms with Gasteiger partial charge in [0, 0.05) is 0 Å². The molecule has 0 aliphatic heterocycles. The Morgan fingerprint density at radius 3 is 2.67 bits per heavy atom. The topological polar surface area (TPSA) is 9.23 Å². The van der Waals surface area contributed by atoms with E-state index in [1.807, 2.05) is 16.0 Å². The molecule has 0 atom stereocenters. The van der Waals surface area contributed by atoms with Gasteiger partial charge in [-0.2, -0.15) is 0 Å². The molecule has 0 N–H and O–H groups in total. The average Bonchev–Trinajstić information content (AvgIpc) is 1.61. The van der Waals surface area contributed by atoms with Crippen LogP contribution >= 0.6 is 0 Å². The molecule has 0 aromatic carbocycles. The van der Waals surface area contributed by atoms with E-state index in [0.29, 0.717) is 0 Å². The molecule has 0 amide bonds. The van der Waals surface area contributed by atoms with Crippen LogP contribution in [-0.2, 0) is 4.65 Å². The van der Waals surface area contributed by atoms with Crippen molar-refractivity contribution < 1.29 is 4.65 Å². The summed E-state index contributed by atoms with van der Waals surface area (Å²) in [6.45, 7) is 1.85. The fourth-order valence-electron chi connectivity index (χ4n) is 0.101. The zero-order chi connectivity index (χ0) is 4.83. The number of hydrogen-bond acceptors (Lipinski definition) is 1. The predicted molar refractivity (Wildman–Crippen MR) is 32.8 cm³/mol. The molecule has 0 saturated carbocycles. The molecule has 0 spiro atoms. The molecule has 0 saturated heterocycles. The van der Waals surface area contributed by atoms with Crippen LogP contribution in [0.3, 0.4) is 0 Å². The first-order valence-electron chi connectivity index (χ1n) is 1.54. The summed E-state index contributed by atoms with van der Waals surface area (Å²) in [7, 11) is 5.63. The Hall–Kier alpha value is 0.516.